The number of anilines is 1. The first-order chi connectivity index (χ1) is 13.4. The molecule has 0 unspecified atom stereocenters. The zero-order valence-corrected chi connectivity index (χ0v) is 17.8. The molecule has 144 valence electrons. The van der Waals surface area contributed by atoms with Gasteiger partial charge in [-0.05, 0) is 86.9 Å². The Kier molecular flexibility index (Phi) is 4.71. The van der Waals surface area contributed by atoms with Gasteiger partial charge in [-0.1, -0.05) is 12.1 Å². The van der Waals surface area contributed by atoms with E-state index in [1.165, 1.54) is 28.1 Å². The molecule has 1 N–H and O–H groups in total. The molecule has 4 nitrogen and oxygen atoms in total. The third-order valence-corrected chi connectivity index (χ3v) is 6.03. The Hall–Kier alpha value is -2.66. The number of aromatic nitrogens is 2. The van der Waals surface area contributed by atoms with E-state index in [4.69, 9.17) is 12.2 Å². The molecule has 0 spiro atoms. The van der Waals surface area contributed by atoms with Gasteiger partial charge in [0, 0.05) is 30.3 Å². The lowest BCUT2D eigenvalue weighted by molar-refractivity contribution is 0.564. The summed E-state index contributed by atoms with van der Waals surface area (Å²) in [5, 5.41) is 4.29. The molecule has 1 aliphatic rings. The van der Waals surface area contributed by atoms with Crippen molar-refractivity contribution < 1.29 is 0 Å². The van der Waals surface area contributed by atoms with Gasteiger partial charge in [-0.25, -0.2) is 0 Å². The molecule has 4 rings (SSSR count). The van der Waals surface area contributed by atoms with Crippen LogP contribution in [0.3, 0.4) is 0 Å². The number of rotatable bonds is 3. The molecule has 1 aliphatic heterocycles. The van der Waals surface area contributed by atoms with Crippen LogP contribution in [0.2, 0.25) is 0 Å². The Morgan fingerprint density at radius 1 is 1.00 bits per heavy atom. The number of pyridine rings is 1. The van der Waals surface area contributed by atoms with Gasteiger partial charge in [0.2, 0.25) is 0 Å². The molecule has 3 heterocycles. The number of hydrogen-bond acceptors (Lipinski definition) is 2. The van der Waals surface area contributed by atoms with Crippen molar-refractivity contribution in [1.29, 1.82) is 0 Å². The first-order valence-electron chi connectivity index (χ1n) is 9.58. The molecule has 2 aromatic heterocycles. The van der Waals surface area contributed by atoms with Crippen LogP contribution in [0, 0.1) is 27.7 Å². The predicted octanol–water partition coefficient (Wildman–Crippen LogP) is 4.83. The maximum Gasteiger partial charge on any atom is 0.174 e. The monoisotopic (exact) mass is 390 g/mol. The molecule has 2 atom stereocenters. The van der Waals surface area contributed by atoms with E-state index in [-0.39, 0.29) is 12.1 Å². The smallest absolute Gasteiger partial charge is 0.174 e. The van der Waals surface area contributed by atoms with Gasteiger partial charge in [0.05, 0.1) is 17.8 Å². The fourth-order valence-corrected chi connectivity index (χ4v) is 4.57. The van der Waals surface area contributed by atoms with Gasteiger partial charge in [-0.2, -0.15) is 0 Å². The van der Waals surface area contributed by atoms with Gasteiger partial charge in [0.15, 0.2) is 5.11 Å². The Balaban J connectivity index is 1.90. The highest BCUT2D eigenvalue weighted by atomic mass is 32.1. The third-order valence-electron chi connectivity index (χ3n) is 5.72. The molecule has 0 aliphatic carbocycles. The molecule has 3 aromatic rings. The van der Waals surface area contributed by atoms with Crippen molar-refractivity contribution in [3.05, 3.63) is 82.4 Å². The standard InChI is InChI=1S/C23H26N4S/c1-14-10-15(2)12-18(11-14)27-22(19-13-16(3)26(5)17(19)4)21(25-23(27)28)20-8-6-7-9-24-20/h6-13,21-22H,1-5H3,(H,25,28)/t21-,22-/m1/s1. The van der Waals surface area contributed by atoms with Gasteiger partial charge < -0.3 is 14.8 Å². The Morgan fingerprint density at radius 3 is 2.29 bits per heavy atom. The highest BCUT2D eigenvalue weighted by Gasteiger charge is 2.42. The molecule has 1 fully saturated rings. The normalized spacial score (nSPS) is 19.2. The van der Waals surface area contributed by atoms with Crippen LogP contribution in [0.4, 0.5) is 5.69 Å². The quantitative estimate of drug-likeness (QED) is 0.649. The largest absolute Gasteiger partial charge is 0.352 e. The lowest BCUT2D eigenvalue weighted by Crippen LogP contribution is -2.29. The van der Waals surface area contributed by atoms with E-state index in [2.05, 4.69) is 84.8 Å². The number of nitrogens with zero attached hydrogens (tertiary/aromatic N) is 3. The summed E-state index contributed by atoms with van der Waals surface area (Å²) >= 11 is 5.83. The molecule has 1 aromatic carbocycles. The number of benzene rings is 1. The summed E-state index contributed by atoms with van der Waals surface area (Å²) in [5.41, 5.74) is 8.37. The number of aryl methyl sites for hydroxylation is 3. The number of nitrogens with one attached hydrogen (secondary N) is 1. The van der Waals surface area contributed by atoms with Crippen LogP contribution in [-0.4, -0.2) is 14.7 Å². The zero-order chi connectivity index (χ0) is 20.0. The summed E-state index contributed by atoms with van der Waals surface area (Å²) in [6.07, 6.45) is 1.85. The minimum Gasteiger partial charge on any atom is -0.352 e. The van der Waals surface area contributed by atoms with Gasteiger partial charge in [-0.15, -0.1) is 0 Å². The molecule has 0 saturated carbocycles. The summed E-state index contributed by atoms with van der Waals surface area (Å²) in [6, 6.07) is 15.0. The second-order valence-electron chi connectivity index (χ2n) is 7.73. The van der Waals surface area contributed by atoms with E-state index in [0.717, 1.165) is 16.5 Å². The molecular weight excluding hydrogens is 364 g/mol. The van der Waals surface area contributed by atoms with Crippen LogP contribution in [0.1, 0.15) is 45.9 Å². The van der Waals surface area contributed by atoms with Crippen LogP contribution in [0.15, 0.2) is 48.7 Å². The first kappa shape index (κ1) is 18.7. The predicted molar refractivity (Wildman–Crippen MR) is 119 cm³/mol. The second-order valence-corrected chi connectivity index (χ2v) is 8.11. The SMILES string of the molecule is Cc1cc(C)cc(N2C(=S)N[C@H](c3ccccn3)[C@H]2c2cc(C)n(C)c2C)c1. The van der Waals surface area contributed by atoms with E-state index in [9.17, 15) is 0 Å². The van der Waals surface area contributed by atoms with Crippen LogP contribution >= 0.6 is 12.2 Å². The second kappa shape index (κ2) is 7.06. The first-order valence-corrected chi connectivity index (χ1v) is 9.99. The van der Waals surface area contributed by atoms with Crippen molar-refractivity contribution >= 4 is 23.0 Å². The molecule has 5 heteroatoms. The van der Waals surface area contributed by atoms with Crippen molar-refractivity contribution in [3.63, 3.8) is 0 Å². The molecular formula is C23H26N4S. The molecule has 28 heavy (non-hydrogen) atoms. The maximum atomic E-state index is 5.83. The minimum absolute atomic E-state index is 0.00461. The lowest BCUT2D eigenvalue weighted by Gasteiger charge is -2.28. The summed E-state index contributed by atoms with van der Waals surface area (Å²) in [4.78, 5) is 6.90. The maximum absolute atomic E-state index is 5.83. The Labute approximate surface area is 172 Å². The van der Waals surface area contributed by atoms with Crippen LogP contribution < -0.4 is 10.2 Å². The van der Waals surface area contributed by atoms with Gasteiger partial charge in [0.25, 0.3) is 0 Å². The Bertz CT molecular complexity index is 1020. The Morgan fingerprint density at radius 2 is 1.71 bits per heavy atom. The molecule has 0 amide bonds. The van der Waals surface area contributed by atoms with Crippen molar-refractivity contribution in [2.45, 2.75) is 39.8 Å². The molecule has 0 radical (unpaired) electrons. The fourth-order valence-electron chi connectivity index (χ4n) is 4.22. The van der Waals surface area contributed by atoms with Crippen molar-refractivity contribution in [3.8, 4) is 0 Å². The van der Waals surface area contributed by atoms with E-state index < -0.39 is 0 Å². The topological polar surface area (TPSA) is 33.1 Å². The average Bonchev–Trinajstić information content (AvgIpc) is 3.13. The van der Waals surface area contributed by atoms with Gasteiger partial charge in [-0.3, -0.25) is 4.98 Å². The van der Waals surface area contributed by atoms with Gasteiger partial charge in [0.1, 0.15) is 0 Å². The zero-order valence-electron chi connectivity index (χ0n) is 17.0. The summed E-state index contributed by atoms with van der Waals surface area (Å²) in [6.45, 7) is 8.59. The number of hydrogen-bond donors (Lipinski definition) is 1. The molecule has 1 saturated heterocycles. The van der Waals surface area contributed by atoms with Crippen LogP contribution in [-0.2, 0) is 7.05 Å². The van der Waals surface area contributed by atoms with Crippen molar-refractivity contribution in [1.82, 2.24) is 14.9 Å². The van der Waals surface area contributed by atoms with E-state index in [1.54, 1.807) is 0 Å². The summed E-state index contributed by atoms with van der Waals surface area (Å²) in [7, 11) is 2.12. The van der Waals surface area contributed by atoms with E-state index in [0.29, 0.717) is 0 Å². The van der Waals surface area contributed by atoms with Crippen LogP contribution in [0.25, 0.3) is 0 Å². The highest BCUT2D eigenvalue weighted by Crippen LogP contribution is 2.43. The highest BCUT2D eigenvalue weighted by molar-refractivity contribution is 7.80. The lowest BCUT2D eigenvalue weighted by atomic mass is 9.96. The van der Waals surface area contributed by atoms with Crippen molar-refractivity contribution in [2.75, 3.05) is 4.90 Å². The third kappa shape index (κ3) is 3.10. The minimum atomic E-state index is -0.00461. The molecule has 0 bridgehead atoms. The van der Waals surface area contributed by atoms with E-state index >= 15 is 0 Å². The van der Waals surface area contributed by atoms with E-state index in [1.807, 2.05) is 18.3 Å². The summed E-state index contributed by atoms with van der Waals surface area (Å²) in [5.74, 6) is 0. The number of thiocarbonyl (C=S) groups is 1. The fraction of sp³-hybridized carbons (Fsp3) is 0.304. The van der Waals surface area contributed by atoms with Crippen LogP contribution in [0.5, 0.6) is 0 Å². The van der Waals surface area contributed by atoms with Gasteiger partial charge >= 0.3 is 0 Å². The summed E-state index contributed by atoms with van der Waals surface area (Å²) < 4.78 is 2.24. The average molecular weight is 391 g/mol. The van der Waals surface area contributed by atoms with Crippen molar-refractivity contribution in [2.24, 2.45) is 7.05 Å².